The van der Waals surface area contributed by atoms with Gasteiger partial charge in [0.25, 0.3) is 0 Å². The van der Waals surface area contributed by atoms with E-state index in [-0.39, 0.29) is 11.3 Å². The fourth-order valence-corrected chi connectivity index (χ4v) is 1.41. The molecule has 0 aromatic heterocycles. The monoisotopic (exact) mass is 276 g/mol. The summed E-state index contributed by atoms with van der Waals surface area (Å²) in [6.45, 7) is 3.33. The molecule has 0 saturated heterocycles. The average molecular weight is 276 g/mol. The number of methoxy groups -OCH3 is 1. The number of carboxylic acid groups (broad SMARTS) is 1. The molecule has 20 heavy (non-hydrogen) atoms. The predicted molar refractivity (Wildman–Crippen MR) is 75.0 cm³/mol. The van der Waals surface area contributed by atoms with Crippen LogP contribution in [0.25, 0.3) is 0 Å². The molecule has 0 unspecified atom stereocenters. The van der Waals surface area contributed by atoms with Crippen LogP contribution in [0.5, 0.6) is 5.75 Å². The van der Waals surface area contributed by atoms with Crippen molar-refractivity contribution in [3.05, 3.63) is 23.8 Å². The topological polar surface area (TPSA) is 87.7 Å². The number of benzene rings is 1. The summed E-state index contributed by atoms with van der Waals surface area (Å²) in [5, 5.41) is 14.0. The van der Waals surface area contributed by atoms with E-state index in [2.05, 4.69) is 16.6 Å². The molecule has 0 bridgehead atoms. The van der Waals surface area contributed by atoms with Gasteiger partial charge in [0.15, 0.2) is 0 Å². The van der Waals surface area contributed by atoms with Crippen LogP contribution in [-0.2, 0) is 0 Å². The lowest BCUT2D eigenvalue weighted by Crippen LogP contribution is -2.44. The molecule has 3 N–H and O–H groups in total. The number of hydrogen-bond acceptors (Lipinski definition) is 3. The highest BCUT2D eigenvalue weighted by Crippen LogP contribution is 2.25. The summed E-state index contributed by atoms with van der Waals surface area (Å²) in [6.07, 6.45) is 5.27. The van der Waals surface area contributed by atoms with Gasteiger partial charge in [0, 0.05) is 0 Å². The lowest BCUT2D eigenvalue weighted by molar-refractivity contribution is 0.0697. The molecule has 1 aromatic rings. The minimum atomic E-state index is -1.10. The number of nitrogens with one attached hydrogen (secondary N) is 2. The van der Waals surface area contributed by atoms with E-state index in [1.807, 2.05) is 0 Å². The molecule has 0 aliphatic heterocycles. The van der Waals surface area contributed by atoms with Crippen molar-refractivity contribution in [3.8, 4) is 18.1 Å². The Bertz CT molecular complexity index is 573. The van der Waals surface area contributed by atoms with Gasteiger partial charge in [-0.15, -0.1) is 6.42 Å². The van der Waals surface area contributed by atoms with Crippen molar-refractivity contribution in [3.63, 3.8) is 0 Å². The first-order valence-electron chi connectivity index (χ1n) is 5.77. The first-order valence-corrected chi connectivity index (χ1v) is 5.77. The van der Waals surface area contributed by atoms with Crippen LogP contribution in [-0.4, -0.2) is 29.8 Å². The second-order valence-electron chi connectivity index (χ2n) is 4.57. The van der Waals surface area contributed by atoms with Gasteiger partial charge in [0.1, 0.15) is 5.75 Å². The number of hydrogen-bond donors (Lipinski definition) is 3. The van der Waals surface area contributed by atoms with Crippen molar-refractivity contribution in [1.29, 1.82) is 0 Å². The minimum absolute atomic E-state index is 0.0392. The Hall–Kier alpha value is -2.68. The Morgan fingerprint density at radius 1 is 1.40 bits per heavy atom. The highest BCUT2D eigenvalue weighted by atomic mass is 16.5. The number of amides is 2. The molecule has 6 heteroatoms. The largest absolute Gasteiger partial charge is 0.495 e. The molecule has 1 aromatic carbocycles. The Balaban J connectivity index is 2.96. The van der Waals surface area contributed by atoms with E-state index in [9.17, 15) is 9.59 Å². The van der Waals surface area contributed by atoms with Crippen LogP contribution in [0.1, 0.15) is 24.2 Å². The van der Waals surface area contributed by atoms with E-state index >= 15 is 0 Å². The second-order valence-corrected chi connectivity index (χ2v) is 4.57. The van der Waals surface area contributed by atoms with Gasteiger partial charge in [0.2, 0.25) is 0 Å². The highest BCUT2D eigenvalue weighted by Gasteiger charge is 2.18. The molecule has 0 heterocycles. The van der Waals surface area contributed by atoms with Crippen molar-refractivity contribution < 1.29 is 19.4 Å². The van der Waals surface area contributed by atoms with E-state index in [4.69, 9.17) is 16.3 Å². The molecule has 0 radical (unpaired) electrons. The summed E-state index contributed by atoms with van der Waals surface area (Å²) >= 11 is 0. The third-order valence-electron chi connectivity index (χ3n) is 2.48. The second kappa shape index (κ2) is 5.97. The van der Waals surface area contributed by atoms with Crippen LogP contribution in [0.15, 0.2) is 18.2 Å². The third kappa shape index (κ3) is 3.92. The molecule has 0 aliphatic rings. The summed E-state index contributed by atoms with van der Waals surface area (Å²) < 4.78 is 5.06. The smallest absolute Gasteiger partial charge is 0.335 e. The van der Waals surface area contributed by atoms with Gasteiger partial charge in [-0.25, -0.2) is 9.59 Å². The molecule has 0 saturated carbocycles. The van der Waals surface area contributed by atoms with E-state index in [0.29, 0.717) is 5.75 Å². The normalized spacial score (nSPS) is 10.3. The van der Waals surface area contributed by atoms with Crippen molar-refractivity contribution in [2.24, 2.45) is 0 Å². The van der Waals surface area contributed by atoms with Gasteiger partial charge in [-0.3, -0.25) is 0 Å². The van der Waals surface area contributed by atoms with E-state index in [1.54, 1.807) is 13.8 Å². The van der Waals surface area contributed by atoms with Crippen LogP contribution in [0.3, 0.4) is 0 Å². The molecular formula is C14H16N2O4. The summed E-state index contributed by atoms with van der Waals surface area (Å²) in [4.78, 5) is 22.7. The van der Waals surface area contributed by atoms with Crippen LogP contribution in [0, 0.1) is 12.3 Å². The van der Waals surface area contributed by atoms with Crippen molar-refractivity contribution in [2.75, 3.05) is 12.4 Å². The van der Waals surface area contributed by atoms with Crippen molar-refractivity contribution >= 4 is 17.7 Å². The number of ether oxygens (including phenoxy) is 1. The average Bonchev–Trinajstić information content (AvgIpc) is 2.37. The zero-order valence-electron chi connectivity index (χ0n) is 11.5. The fraction of sp³-hybridized carbons (Fsp3) is 0.286. The first kappa shape index (κ1) is 15.4. The predicted octanol–water partition coefficient (Wildman–Crippen LogP) is 1.93. The van der Waals surface area contributed by atoms with Crippen molar-refractivity contribution in [2.45, 2.75) is 19.4 Å². The molecule has 0 fully saturated rings. The highest BCUT2D eigenvalue weighted by molar-refractivity contribution is 5.95. The van der Waals surface area contributed by atoms with E-state index in [0.717, 1.165) is 0 Å². The third-order valence-corrected chi connectivity index (χ3v) is 2.48. The van der Waals surface area contributed by atoms with Gasteiger partial charge in [-0.05, 0) is 32.0 Å². The van der Waals surface area contributed by atoms with Crippen LogP contribution >= 0.6 is 0 Å². The standard InChI is InChI=1S/C14H16N2O4/c1-5-14(2,3)16-13(19)15-10-8-9(12(17)18)6-7-11(10)20-4/h1,6-8H,2-4H3,(H,17,18)(H2,15,16,19). The SMILES string of the molecule is C#CC(C)(C)NC(=O)Nc1cc(C(=O)O)ccc1OC. The Morgan fingerprint density at radius 2 is 2.05 bits per heavy atom. The number of aromatic carboxylic acids is 1. The molecule has 0 aliphatic carbocycles. The summed E-state index contributed by atoms with van der Waals surface area (Å²) in [5.74, 6) is 1.67. The lowest BCUT2D eigenvalue weighted by Gasteiger charge is -2.20. The summed E-state index contributed by atoms with van der Waals surface area (Å²) in [6, 6.07) is 3.61. The van der Waals surface area contributed by atoms with E-state index in [1.165, 1.54) is 25.3 Å². The minimum Gasteiger partial charge on any atom is -0.495 e. The summed E-state index contributed by atoms with van der Waals surface area (Å²) in [5.41, 5.74) is -0.531. The van der Waals surface area contributed by atoms with Crippen LogP contribution < -0.4 is 15.4 Å². The molecule has 1 rings (SSSR count). The zero-order chi connectivity index (χ0) is 15.3. The van der Waals surface area contributed by atoms with Gasteiger partial charge < -0.3 is 20.5 Å². The maximum atomic E-state index is 11.8. The quantitative estimate of drug-likeness (QED) is 0.733. The van der Waals surface area contributed by atoms with Crippen molar-refractivity contribution in [1.82, 2.24) is 5.32 Å². The van der Waals surface area contributed by atoms with Crippen LogP contribution in [0.2, 0.25) is 0 Å². The number of rotatable bonds is 4. The fourth-order valence-electron chi connectivity index (χ4n) is 1.41. The molecule has 6 nitrogen and oxygen atoms in total. The number of carboxylic acids is 1. The lowest BCUT2D eigenvalue weighted by atomic mass is 10.1. The van der Waals surface area contributed by atoms with Gasteiger partial charge in [0.05, 0.1) is 23.9 Å². The van der Waals surface area contributed by atoms with E-state index < -0.39 is 17.5 Å². The molecule has 2 amide bonds. The molecular weight excluding hydrogens is 260 g/mol. The summed E-state index contributed by atoms with van der Waals surface area (Å²) in [7, 11) is 1.42. The van der Waals surface area contributed by atoms with Crippen LogP contribution in [0.4, 0.5) is 10.5 Å². The number of terminal acetylenes is 1. The Morgan fingerprint density at radius 3 is 2.55 bits per heavy atom. The number of carbonyl (C=O) groups is 2. The van der Waals surface area contributed by atoms with Gasteiger partial charge >= 0.3 is 12.0 Å². The number of carbonyl (C=O) groups excluding carboxylic acids is 1. The Kier molecular flexibility index (Phi) is 4.59. The number of urea groups is 1. The Labute approximate surface area is 117 Å². The molecule has 0 spiro atoms. The first-order chi connectivity index (χ1) is 9.29. The number of anilines is 1. The zero-order valence-corrected chi connectivity index (χ0v) is 11.5. The maximum Gasteiger partial charge on any atom is 0.335 e. The van der Waals surface area contributed by atoms with Gasteiger partial charge in [-0.1, -0.05) is 5.92 Å². The molecule has 106 valence electrons. The maximum absolute atomic E-state index is 11.8. The van der Waals surface area contributed by atoms with Gasteiger partial charge in [-0.2, -0.15) is 0 Å². The molecule has 0 atom stereocenters.